The Morgan fingerprint density at radius 1 is 1.36 bits per heavy atom. The molecule has 1 aliphatic heterocycles. The normalized spacial score (nSPS) is 17.0. The summed E-state index contributed by atoms with van der Waals surface area (Å²) in [4.78, 5) is 12.1. The molecule has 2 aromatic rings. The number of carbonyl (C=O) groups excluding carboxylic acids is 1. The zero-order chi connectivity index (χ0) is 17.8. The first-order valence-corrected chi connectivity index (χ1v) is 9.54. The molecule has 7 heteroatoms. The minimum Gasteiger partial charge on any atom is -0.376 e. The lowest BCUT2D eigenvalue weighted by molar-refractivity contribution is -0.119. The van der Waals surface area contributed by atoms with Crippen molar-refractivity contribution < 1.29 is 9.53 Å². The maximum atomic E-state index is 12.1. The van der Waals surface area contributed by atoms with Crippen molar-refractivity contribution in [3.63, 3.8) is 0 Å². The molecule has 0 saturated carbocycles. The fraction of sp³-hybridized carbons (Fsp3) is 0.500. The van der Waals surface area contributed by atoms with E-state index in [1.54, 1.807) is 0 Å². The summed E-state index contributed by atoms with van der Waals surface area (Å²) in [6.45, 7) is 7.44. The number of aryl methyl sites for hydroxylation is 3. The van der Waals surface area contributed by atoms with Gasteiger partial charge in [0.1, 0.15) is 5.82 Å². The monoisotopic (exact) mass is 360 g/mol. The molecule has 3 rings (SSSR count). The number of ether oxygens (including phenoxy) is 1. The van der Waals surface area contributed by atoms with Crippen molar-refractivity contribution in [2.75, 3.05) is 18.9 Å². The zero-order valence-corrected chi connectivity index (χ0v) is 15.7. The van der Waals surface area contributed by atoms with Gasteiger partial charge in [-0.2, -0.15) is 0 Å². The first kappa shape index (κ1) is 17.9. The number of rotatable bonds is 6. The SMILES string of the molecule is Cc1ccc(C)c(-n2c(C)nnc2SCC(=O)NCC2CCCO2)c1. The average molecular weight is 360 g/mol. The van der Waals surface area contributed by atoms with Crippen LogP contribution < -0.4 is 5.32 Å². The minimum atomic E-state index is -0.00586. The maximum absolute atomic E-state index is 12.1. The molecule has 1 atom stereocenters. The van der Waals surface area contributed by atoms with Crippen LogP contribution in [0.2, 0.25) is 0 Å². The molecule has 1 aliphatic rings. The molecule has 1 N–H and O–H groups in total. The highest BCUT2D eigenvalue weighted by Gasteiger charge is 2.18. The van der Waals surface area contributed by atoms with E-state index in [4.69, 9.17) is 4.74 Å². The molecule has 1 saturated heterocycles. The topological polar surface area (TPSA) is 69.0 Å². The summed E-state index contributed by atoms with van der Waals surface area (Å²) in [7, 11) is 0. The van der Waals surface area contributed by atoms with Gasteiger partial charge in [0, 0.05) is 13.2 Å². The number of nitrogens with one attached hydrogen (secondary N) is 1. The Morgan fingerprint density at radius 3 is 2.96 bits per heavy atom. The Hall–Kier alpha value is -1.86. The smallest absolute Gasteiger partial charge is 0.230 e. The van der Waals surface area contributed by atoms with Crippen LogP contribution in [0.15, 0.2) is 23.4 Å². The van der Waals surface area contributed by atoms with E-state index in [9.17, 15) is 4.79 Å². The fourth-order valence-corrected chi connectivity index (χ4v) is 3.71. The molecule has 2 heterocycles. The quantitative estimate of drug-likeness (QED) is 0.802. The first-order chi connectivity index (χ1) is 12.0. The molecule has 1 fully saturated rings. The van der Waals surface area contributed by atoms with Gasteiger partial charge in [0.15, 0.2) is 5.16 Å². The molecule has 134 valence electrons. The van der Waals surface area contributed by atoms with Crippen molar-refractivity contribution in [3.05, 3.63) is 35.2 Å². The van der Waals surface area contributed by atoms with Crippen LogP contribution in [0.1, 0.15) is 29.8 Å². The molecule has 0 aliphatic carbocycles. The predicted octanol–water partition coefficient (Wildman–Crippen LogP) is 2.58. The third kappa shape index (κ3) is 4.41. The van der Waals surface area contributed by atoms with Gasteiger partial charge in [-0.05, 0) is 50.8 Å². The predicted molar refractivity (Wildman–Crippen MR) is 98.3 cm³/mol. The van der Waals surface area contributed by atoms with E-state index in [1.165, 1.54) is 17.3 Å². The van der Waals surface area contributed by atoms with E-state index in [1.807, 2.05) is 11.5 Å². The van der Waals surface area contributed by atoms with Crippen LogP contribution in [0.25, 0.3) is 5.69 Å². The lowest BCUT2D eigenvalue weighted by atomic mass is 10.1. The maximum Gasteiger partial charge on any atom is 0.230 e. The lowest BCUT2D eigenvalue weighted by Crippen LogP contribution is -2.32. The van der Waals surface area contributed by atoms with Gasteiger partial charge >= 0.3 is 0 Å². The summed E-state index contributed by atoms with van der Waals surface area (Å²) in [6.07, 6.45) is 2.26. The number of aromatic nitrogens is 3. The Bertz CT molecular complexity index is 754. The number of nitrogens with zero attached hydrogens (tertiary/aromatic N) is 3. The number of carbonyl (C=O) groups is 1. The van der Waals surface area contributed by atoms with E-state index in [2.05, 4.69) is 47.6 Å². The zero-order valence-electron chi connectivity index (χ0n) is 14.9. The van der Waals surface area contributed by atoms with E-state index < -0.39 is 0 Å². The van der Waals surface area contributed by atoms with Crippen LogP contribution in [-0.4, -0.2) is 45.7 Å². The Kier molecular flexibility index (Phi) is 5.75. The highest BCUT2D eigenvalue weighted by atomic mass is 32.2. The molecule has 1 amide bonds. The van der Waals surface area contributed by atoms with Gasteiger partial charge in [-0.1, -0.05) is 23.9 Å². The summed E-state index contributed by atoms with van der Waals surface area (Å²) in [5, 5.41) is 12.1. The van der Waals surface area contributed by atoms with Crippen molar-refractivity contribution in [2.45, 2.75) is 44.9 Å². The van der Waals surface area contributed by atoms with Crippen LogP contribution in [0.4, 0.5) is 0 Å². The molecule has 0 spiro atoms. The summed E-state index contributed by atoms with van der Waals surface area (Å²) in [6, 6.07) is 6.30. The van der Waals surface area contributed by atoms with Crippen LogP contribution >= 0.6 is 11.8 Å². The largest absolute Gasteiger partial charge is 0.376 e. The molecule has 0 radical (unpaired) electrons. The molecular weight excluding hydrogens is 336 g/mol. The van der Waals surface area contributed by atoms with Gasteiger partial charge in [0.2, 0.25) is 5.91 Å². The standard InChI is InChI=1S/C18H24N4O2S/c1-12-6-7-13(2)16(9-12)22-14(3)20-21-18(22)25-11-17(23)19-10-15-5-4-8-24-15/h6-7,9,15H,4-5,8,10-11H2,1-3H3,(H,19,23). The van der Waals surface area contributed by atoms with Crippen LogP contribution in [0.5, 0.6) is 0 Å². The summed E-state index contributed by atoms with van der Waals surface area (Å²) >= 11 is 1.40. The van der Waals surface area contributed by atoms with Crippen LogP contribution in [0, 0.1) is 20.8 Å². The second-order valence-electron chi connectivity index (χ2n) is 6.38. The van der Waals surface area contributed by atoms with Crippen molar-refractivity contribution in [2.24, 2.45) is 0 Å². The number of benzene rings is 1. The third-order valence-electron chi connectivity index (χ3n) is 4.28. The average Bonchev–Trinajstić information content (AvgIpc) is 3.23. The van der Waals surface area contributed by atoms with Gasteiger partial charge in [0.05, 0.1) is 17.5 Å². The molecule has 1 aromatic heterocycles. The highest BCUT2D eigenvalue weighted by Crippen LogP contribution is 2.24. The van der Waals surface area contributed by atoms with Crippen molar-refractivity contribution >= 4 is 17.7 Å². The molecule has 25 heavy (non-hydrogen) atoms. The molecule has 1 unspecified atom stereocenters. The van der Waals surface area contributed by atoms with Gasteiger partial charge in [-0.15, -0.1) is 10.2 Å². The van der Waals surface area contributed by atoms with Crippen LogP contribution in [0.3, 0.4) is 0 Å². The lowest BCUT2D eigenvalue weighted by Gasteiger charge is -2.13. The molecular formula is C18H24N4O2S. The highest BCUT2D eigenvalue weighted by molar-refractivity contribution is 7.99. The second kappa shape index (κ2) is 8.01. The van der Waals surface area contributed by atoms with E-state index in [-0.39, 0.29) is 12.0 Å². The van der Waals surface area contributed by atoms with Gasteiger partial charge < -0.3 is 10.1 Å². The Morgan fingerprint density at radius 2 is 2.20 bits per heavy atom. The Balaban J connectivity index is 1.65. The van der Waals surface area contributed by atoms with Crippen molar-refractivity contribution in [3.8, 4) is 5.69 Å². The van der Waals surface area contributed by atoms with Gasteiger partial charge in [0.25, 0.3) is 0 Å². The summed E-state index contributed by atoms with van der Waals surface area (Å²) in [5.74, 6) is 1.13. The van der Waals surface area contributed by atoms with Gasteiger partial charge in [-0.3, -0.25) is 9.36 Å². The van der Waals surface area contributed by atoms with Crippen molar-refractivity contribution in [1.29, 1.82) is 0 Å². The number of hydrogen-bond acceptors (Lipinski definition) is 5. The van der Waals surface area contributed by atoms with E-state index in [0.29, 0.717) is 12.3 Å². The van der Waals surface area contributed by atoms with E-state index >= 15 is 0 Å². The molecule has 1 aromatic carbocycles. The summed E-state index contributed by atoms with van der Waals surface area (Å²) < 4.78 is 7.54. The van der Waals surface area contributed by atoms with Gasteiger partial charge in [-0.25, -0.2) is 0 Å². The number of hydrogen-bond donors (Lipinski definition) is 1. The Labute approximate surface area is 152 Å². The second-order valence-corrected chi connectivity index (χ2v) is 7.33. The van der Waals surface area contributed by atoms with E-state index in [0.717, 1.165) is 41.7 Å². The first-order valence-electron chi connectivity index (χ1n) is 8.55. The third-order valence-corrected chi connectivity index (χ3v) is 5.21. The summed E-state index contributed by atoms with van der Waals surface area (Å²) in [5.41, 5.74) is 3.39. The number of amides is 1. The fourth-order valence-electron chi connectivity index (χ4n) is 2.89. The molecule has 0 bridgehead atoms. The minimum absolute atomic E-state index is 0.00586. The number of thioether (sulfide) groups is 1. The van der Waals surface area contributed by atoms with Crippen molar-refractivity contribution in [1.82, 2.24) is 20.1 Å². The molecule has 6 nitrogen and oxygen atoms in total. The van der Waals surface area contributed by atoms with Crippen LogP contribution in [-0.2, 0) is 9.53 Å².